The molecule has 2 aromatic heterocycles. The molecule has 0 bridgehead atoms. The van der Waals surface area contributed by atoms with E-state index in [2.05, 4.69) is 26.9 Å². The van der Waals surface area contributed by atoms with E-state index in [9.17, 15) is 29.4 Å². The monoisotopic (exact) mass is 586 g/mol. The van der Waals surface area contributed by atoms with Crippen LogP contribution in [0.5, 0.6) is 0 Å². The molecule has 0 spiro atoms. The minimum absolute atomic E-state index is 0.00154. The fraction of sp³-hybridized carbons (Fsp3) is 0.364. The molecule has 2 aromatic rings. The molecule has 3 atom stereocenters. The Morgan fingerprint density at radius 2 is 1.77 bits per heavy atom. The van der Waals surface area contributed by atoms with Gasteiger partial charge >= 0.3 is 11.9 Å². The van der Waals surface area contributed by atoms with Crippen LogP contribution in [0.2, 0.25) is 0 Å². The smallest absolute Gasteiger partial charge is 0.328 e. The van der Waals surface area contributed by atoms with Gasteiger partial charge in [-0.05, 0) is 74.1 Å². The lowest BCUT2D eigenvalue weighted by Crippen LogP contribution is -2.30. The van der Waals surface area contributed by atoms with Crippen LogP contribution in [0.25, 0.3) is 18.2 Å². The Labute approximate surface area is 249 Å². The van der Waals surface area contributed by atoms with Crippen LogP contribution in [-0.4, -0.2) is 55.7 Å². The molecular formula is C33H38N4O6. The van der Waals surface area contributed by atoms with Gasteiger partial charge in [0.15, 0.2) is 0 Å². The second kappa shape index (κ2) is 12.6. The molecule has 226 valence electrons. The van der Waals surface area contributed by atoms with E-state index in [0.717, 1.165) is 45.8 Å². The van der Waals surface area contributed by atoms with Gasteiger partial charge in [-0.25, -0.2) is 9.79 Å². The average Bonchev–Trinajstić information content (AvgIpc) is 3.59. The number of aromatic nitrogens is 2. The van der Waals surface area contributed by atoms with Crippen LogP contribution in [0, 0.1) is 25.7 Å². The number of aliphatic carboxylic acids is 2. The van der Waals surface area contributed by atoms with Crippen molar-refractivity contribution in [2.75, 3.05) is 0 Å². The van der Waals surface area contributed by atoms with E-state index in [4.69, 9.17) is 0 Å². The molecule has 2 aliphatic heterocycles. The van der Waals surface area contributed by atoms with Crippen molar-refractivity contribution in [1.29, 1.82) is 0 Å². The lowest BCUT2D eigenvalue weighted by molar-refractivity contribution is -0.137. The topological polar surface area (TPSA) is 165 Å². The van der Waals surface area contributed by atoms with Gasteiger partial charge < -0.3 is 25.5 Å². The highest BCUT2D eigenvalue weighted by Crippen LogP contribution is 2.27. The minimum atomic E-state index is -1.09. The number of H-pyrrole nitrogens is 2. The lowest BCUT2D eigenvalue weighted by atomic mass is 9.89. The SMILES string of the molecule is C=CC1=C(C)[C@@H](Cc2[nH]c(/C=c3\[nH]/c(=C/C4=NC(=O)[C@H](C)[C@H]4CC)c(C)c3CCC(=O)O)c(/C=C/C(=O)O)c2C)NC1=O. The highest BCUT2D eigenvalue weighted by atomic mass is 16.4. The van der Waals surface area contributed by atoms with Crippen molar-refractivity contribution < 1.29 is 29.4 Å². The summed E-state index contributed by atoms with van der Waals surface area (Å²) in [6.07, 6.45) is 9.29. The maximum absolute atomic E-state index is 12.4. The van der Waals surface area contributed by atoms with E-state index in [1.54, 1.807) is 6.08 Å². The summed E-state index contributed by atoms with van der Waals surface area (Å²) in [5, 5.41) is 23.2. The number of carboxylic acid groups (broad SMARTS) is 2. The number of carbonyl (C=O) groups excluding carboxylic acids is 2. The van der Waals surface area contributed by atoms with E-state index in [1.807, 2.05) is 46.8 Å². The van der Waals surface area contributed by atoms with E-state index in [1.165, 1.54) is 6.08 Å². The molecule has 0 radical (unpaired) electrons. The van der Waals surface area contributed by atoms with Crippen molar-refractivity contribution in [2.45, 2.75) is 66.3 Å². The summed E-state index contributed by atoms with van der Waals surface area (Å²) in [5.74, 6) is -2.53. The van der Waals surface area contributed by atoms with Crippen LogP contribution in [0.1, 0.15) is 67.3 Å². The summed E-state index contributed by atoms with van der Waals surface area (Å²) in [5.41, 5.74) is 6.75. The standard InChI is InChI=1S/C33H38N4O6/c1-7-20-19(6)32(42)37-27(20)14-25-18(5)23(10-12-31(40)41)29(35-25)15-28-22(9-11-30(38)39)17(4)24(34-28)13-26-16(3)21(8-2)33(43)36-26/h8-9,11,14-15,19-20,26,34-35H,2,7,10,12-13H2,1,3-6H3,(H,36,43)(H,38,39)(H,40,41)/b11-9+,25-14+,29-15-/t19-,20-,26-/m1/s1. The Bertz CT molecular complexity index is 1730. The van der Waals surface area contributed by atoms with E-state index < -0.39 is 11.9 Å². The largest absolute Gasteiger partial charge is 0.481 e. The third-order valence-corrected chi connectivity index (χ3v) is 8.61. The predicted molar refractivity (Wildman–Crippen MR) is 165 cm³/mol. The second-order valence-electron chi connectivity index (χ2n) is 11.2. The Morgan fingerprint density at radius 1 is 1.05 bits per heavy atom. The van der Waals surface area contributed by atoms with Gasteiger partial charge in [-0.15, -0.1) is 0 Å². The van der Waals surface area contributed by atoms with Gasteiger partial charge in [0.2, 0.25) is 5.91 Å². The van der Waals surface area contributed by atoms with Crippen molar-refractivity contribution in [3.05, 3.63) is 74.2 Å². The van der Waals surface area contributed by atoms with E-state index in [0.29, 0.717) is 34.3 Å². The van der Waals surface area contributed by atoms with E-state index in [-0.39, 0.29) is 42.5 Å². The number of aromatic amines is 2. The van der Waals surface area contributed by atoms with Crippen molar-refractivity contribution in [1.82, 2.24) is 15.3 Å². The average molecular weight is 587 g/mol. The molecule has 10 nitrogen and oxygen atoms in total. The normalized spacial score (nSPS) is 21.3. The minimum Gasteiger partial charge on any atom is -0.481 e. The quantitative estimate of drug-likeness (QED) is 0.254. The number of carbonyl (C=O) groups is 4. The molecule has 5 N–H and O–H groups in total. The molecule has 4 rings (SSSR count). The van der Waals surface area contributed by atoms with Crippen LogP contribution >= 0.6 is 0 Å². The van der Waals surface area contributed by atoms with Crippen molar-refractivity contribution >= 4 is 47.7 Å². The molecule has 0 unspecified atom stereocenters. The molecule has 2 aliphatic rings. The number of aliphatic imine (C=N–C) groups is 1. The predicted octanol–water partition coefficient (Wildman–Crippen LogP) is 2.87. The van der Waals surface area contributed by atoms with Gasteiger partial charge in [-0.3, -0.25) is 14.4 Å². The van der Waals surface area contributed by atoms with Gasteiger partial charge in [0.05, 0.1) is 11.8 Å². The molecule has 0 saturated heterocycles. The number of nitrogens with zero attached hydrogens (tertiary/aromatic N) is 1. The number of amides is 2. The number of nitrogens with one attached hydrogen (secondary N) is 3. The maximum Gasteiger partial charge on any atom is 0.328 e. The summed E-state index contributed by atoms with van der Waals surface area (Å²) >= 11 is 0. The van der Waals surface area contributed by atoms with Crippen LogP contribution in [0.3, 0.4) is 0 Å². The molecule has 0 fully saturated rings. The zero-order valence-corrected chi connectivity index (χ0v) is 25.1. The Kier molecular flexibility index (Phi) is 9.18. The molecule has 2 amide bonds. The molecule has 43 heavy (non-hydrogen) atoms. The third kappa shape index (κ3) is 6.38. The molecular weight excluding hydrogens is 548 g/mol. The van der Waals surface area contributed by atoms with Crippen molar-refractivity contribution in [3.8, 4) is 0 Å². The number of hydrogen-bond donors (Lipinski definition) is 5. The molecule has 0 aromatic carbocycles. The lowest BCUT2D eigenvalue weighted by Gasteiger charge is -2.12. The maximum atomic E-state index is 12.4. The first-order valence-electron chi connectivity index (χ1n) is 14.4. The first-order chi connectivity index (χ1) is 20.4. The van der Waals surface area contributed by atoms with Gasteiger partial charge in [-0.2, -0.15) is 0 Å². The summed E-state index contributed by atoms with van der Waals surface area (Å²) in [6.45, 7) is 13.3. The Morgan fingerprint density at radius 3 is 2.37 bits per heavy atom. The summed E-state index contributed by atoms with van der Waals surface area (Å²) in [6, 6.07) is -0.245. The van der Waals surface area contributed by atoms with Crippen molar-refractivity contribution in [2.24, 2.45) is 16.8 Å². The zero-order valence-electron chi connectivity index (χ0n) is 25.1. The first-order valence-corrected chi connectivity index (χ1v) is 14.4. The molecule has 4 heterocycles. The Hall–Kier alpha value is -4.73. The summed E-state index contributed by atoms with van der Waals surface area (Å²) < 4.78 is 0. The number of rotatable bonds is 11. The fourth-order valence-corrected chi connectivity index (χ4v) is 5.98. The third-order valence-electron chi connectivity index (χ3n) is 8.61. The molecule has 0 aliphatic carbocycles. The fourth-order valence-electron chi connectivity index (χ4n) is 5.98. The van der Waals surface area contributed by atoms with Crippen LogP contribution in [0.4, 0.5) is 0 Å². The highest BCUT2D eigenvalue weighted by molar-refractivity contribution is 6.20. The Balaban J connectivity index is 1.87. The summed E-state index contributed by atoms with van der Waals surface area (Å²) in [7, 11) is 0. The summed E-state index contributed by atoms with van der Waals surface area (Å²) in [4.78, 5) is 58.7. The van der Waals surface area contributed by atoms with Gasteiger partial charge in [0.1, 0.15) is 0 Å². The van der Waals surface area contributed by atoms with E-state index >= 15 is 0 Å². The molecule has 0 saturated carbocycles. The van der Waals surface area contributed by atoms with Gasteiger partial charge in [0, 0.05) is 64.0 Å². The van der Waals surface area contributed by atoms with Crippen LogP contribution in [0.15, 0.2) is 34.9 Å². The van der Waals surface area contributed by atoms with Gasteiger partial charge in [0.25, 0.3) is 5.91 Å². The number of hydrogen-bond acceptors (Lipinski definition) is 4. The van der Waals surface area contributed by atoms with Crippen LogP contribution in [-0.2, 0) is 32.0 Å². The van der Waals surface area contributed by atoms with Crippen LogP contribution < -0.4 is 16.0 Å². The highest BCUT2D eigenvalue weighted by Gasteiger charge is 2.32. The second-order valence-corrected chi connectivity index (χ2v) is 11.2. The van der Waals surface area contributed by atoms with Crippen molar-refractivity contribution in [3.63, 3.8) is 0 Å². The first kappa shape index (κ1) is 31.2. The van der Waals surface area contributed by atoms with Gasteiger partial charge in [-0.1, -0.05) is 26.5 Å². The zero-order chi connectivity index (χ0) is 31.6. The number of carboxylic acids is 2. The molecule has 10 heteroatoms.